The summed E-state index contributed by atoms with van der Waals surface area (Å²) in [5.74, 6) is 0. The van der Waals surface area contributed by atoms with Gasteiger partial charge in [-0.15, -0.1) is 11.3 Å². The van der Waals surface area contributed by atoms with Gasteiger partial charge in [-0.3, -0.25) is 4.98 Å². The predicted octanol–water partition coefficient (Wildman–Crippen LogP) is 3.98. The first kappa shape index (κ1) is 14.3. The fourth-order valence-corrected chi connectivity index (χ4v) is 3.36. The van der Waals surface area contributed by atoms with Crippen molar-refractivity contribution in [3.05, 3.63) is 45.0 Å². The topological polar surface area (TPSA) is 55.0 Å². The van der Waals surface area contributed by atoms with E-state index in [0.29, 0.717) is 5.69 Å². The van der Waals surface area contributed by atoms with E-state index in [1.807, 2.05) is 26.1 Å². The molecule has 1 aromatic carbocycles. The molecule has 0 aliphatic carbocycles. The van der Waals surface area contributed by atoms with Gasteiger partial charge in [0, 0.05) is 22.3 Å². The molecule has 3 aromatic rings. The normalized spacial score (nSPS) is 11.0. The molecule has 2 N–H and O–H groups in total. The van der Waals surface area contributed by atoms with E-state index >= 15 is 0 Å². The van der Waals surface area contributed by atoms with Crippen molar-refractivity contribution in [3.8, 4) is 0 Å². The van der Waals surface area contributed by atoms with Crippen molar-refractivity contribution in [3.63, 3.8) is 0 Å². The summed E-state index contributed by atoms with van der Waals surface area (Å²) in [6, 6.07) is 6.03. The summed E-state index contributed by atoms with van der Waals surface area (Å²) in [5, 5.41) is 4.20. The van der Waals surface area contributed by atoms with Crippen LogP contribution >= 0.6 is 27.3 Å². The van der Waals surface area contributed by atoms with Crippen LogP contribution in [-0.4, -0.2) is 17.0 Å². The van der Waals surface area contributed by atoms with Crippen LogP contribution in [0.3, 0.4) is 0 Å². The van der Waals surface area contributed by atoms with Gasteiger partial charge in [0.05, 0.1) is 40.3 Å². The van der Waals surface area contributed by atoms with Crippen LogP contribution in [0.25, 0.3) is 10.9 Å². The minimum atomic E-state index is 0.676. The largest absolute Gasteiger partial charge is 0.396 e. The van der Waals surface area contributed by atoms with E-state index in [-0.39, 0.29) is 0 Å². The third-order valence-electron chi connectivity index (χ3n) is 3.28. The summed E-state index contributed by atoms with van der Waals surface area (Å²) in [6.07, 6.45) is 1.72. The second kappa shape index (κ2) is 5.61. The molecule has 108 valence electrons. The lowest BCUT2D eigenvalue weighted by atomic mass is 10.1. The van der Waals surface area contributed by atoms with Gasteiger partial charge in [-0.2, -0.15) is 0 Å². The van der Waals surface area contributed by atoms with Crippen LogP contribution in [0.5, 0.6) is 0 Å². The van der Waals surface area contributed by atoms with E-state index in [2.05, 4.69) is 42.2 Å². The van der Waals surface area contributed by atoms with Crippen molar-refractivity contribution >= 4 is 49.5 Å². The highest BCUT2D eigenvalue weighted by atomic mass is 79.9. The highest BCUT2D eigenvalue weighted by Gasteiger charge is 2.13. The lowest BCUT2D eigenvalue weighted by Gasteiger charge is -2.22. The lowest BCUT2D eigenvalue weighted by Crippen LogP contribution is -2.18. The number of hydrogen-bond acceptors (Lipinski definition) is 5. The molecule has 0 bridgehead atoms. The molecule has 0 radical (unpaired) electrons. The molecule has 0 atom stereocenters. The van der Waals surface area contributed by atoms with Gasteiger partial charge in [0.1, 0.15) is 0 Å². The first-order chi connectivity index (χ1) is 10.0. The van der Waals surface area contributed by atoms with Crippen LogP contribution in [0.15, 0.2) is 34.2 Å². The second-order valence-electron chi connectivity index (χ2n) is 4.94. The number of rotatable bonds is 3. The molecule has 2 heterocycles. The molecule has 3 rings (SSSR count). The molecule has 0 amide bonds. The van der Waals surface area contributed by atoms with Crippen LogP contribution in [0, 0.1) is 6.92 Å². The maximum Gasteiger partial charge on any atom is 0.0898 e. The van der Waals surface area contributed by atoms with Crippen molar-refractivity contribution in [1.82, 2.24) is 9.97 Å². The molecule has 0 fully saturated rings. The Morgan fingerprint density at radius 1 is 1.38 bits per heavy atom. The number of fused-ring (bicyclic) bond motifs is 1. The van der Waals surface area contributed by atoms with Gasteiger partial charge < -0.3 is 10.6 Å². The third-order valence-corrected chi connectivity index (χ3v) is 4.59. The number of benzene rings is 1. The van der Waals surface area contributed by atoms with Crippen molar-refractivity contribution in [2.75, 3.05) is 17.7 Å². The number of hydrogen-bond donors (Lipinski definition) is 1. The fourth-order valence-electron chi connectivity index (χ4n) is 2.40. The average Bonchev–Trinajstić information content (AvgIpc) is 2.83. The minimum absolute atomic E-state index is 0.676. The second-order valence-corrected chi connectivity index (χ2v) is 6.92. The Balaban J connectivity index is 2.05. The Bertz CT molecular complexity index is 794. The van der Waals surface area contributed by atoms with Crippen LogP contribution in [0.4, 0.5) is 11.4 Å². The molecule has 0 spiro atoms. The lowest BCUT2D eigenvalue weighted by molar-refractivity contribution is 0.895. The van der Waals surface area contributed by atoms with E-state index in [9.17, 15) is 0 Å². The molecule has 6 heteroatoms. The summed E-state index contributed by atoms with van der Waals surface area (Å²) in [4.78, 5) is 11.0. The van der Waals surface area contributed by atoms with Gasteiger partial charge in [-0.25, -0.2) is 4.98 Å². The Hall–Kier alpha value is -1.66. The Morgan fingerprint density at radius 3 is 2.90 bits per heavy atom. The quantitative estimate of drug-likeness (QED) is 0.765. The van der Waals surface area contributed by atoms with E-state index < -0.39 is 0 Å². The number of thiazole rings is 1. The van der Waals surface area contributed by atoms with Crippen molar-refractivity contribution < 1.29 is 0 Å². The zero-order chi connectivity index (χ0) is 15.0. The monoisotopic (exact) mass is 362 g/mol. The molecule has 0 saturated heterocycles. The maximum atomic E-state index is 6.16. The number of aryl methyl sites for hydroxylation is 1. The van der Waals surface area contributed by atoms with Crippen molar-refractivity contribution in [2.24, 2.45) is 0 Å². The Kier molecular flexibility index (Phi) is 3.82. The zero-order valence-electron chi connectivity index (χ0n) is 11.8. The maximum absolute atomic E-state index is 6.16. The summed E-state index contributed by atoms with van der Waals surface area (Å²) in [6.45, 7) is 2.74. The fraction of sp³-hybridized carbons (Fsp3) is 0.200. The van der Waals surface area contributed by atoms with Crippen molar-refractivity contribution in [1.29, 1.82) is 0 Å². The van der Waals surface area contributed by atoms with Gasteiger partial charge >= 0.3 is 0 Å². The summed E-state index contributed by atoms with van der Waals surface area (Å²) < 4.78 is 1.02. The minimum Gasteiger partial charge on any atom is -0.396 e. The third kappa shape index (κ3) is 2.87. The molecule has 0 saturated carbocycles. The number of anilines is 2. The first-order valence-corrected chi connectivity index (χ1v) is 8.18. The molecule has 0 aliphatic heterocycles. The van der Waals surface area contributed by atoms with Gasteiger partial charge in [0.2, 0.25) is 0 Å². The van der Waals surface area contributed by atoms with Gasteiger partial charge in [-0.1, -0.05) is 15.9 Å². The smallest absolute Gasteiger partial charge is 0.0898 e. The molecule has 0 aliphatic rings. The molecule has 2 aromatic heterocycles. The molecular formula is C15H15BrN4S. The Labute approximate surface area is 135 Å². The molecule has 21 heavy (non-hydrogen) atoms. The first-order valence-electron chi connectivity index (χ1n) is 6.50. The van der Waals surface area contributed by atoms with Gasteiger partial charge in [0.25, 0.3) is 0 Å². The van der Waals surface area contributed by atoms with Crippen LogP contribution in [0.1, 0.15) is 10.7 Å². The predicted molar refractivity (Wildman–Crippen MR) is 92.8 cm³/mol. The van der Waals surface area contributed by atoms with Crippen LogP contribution in [-0.2, 0) is 6.54 Å². The number of pyridine rings is 1. The van der Waals surface area contributed by atoms with E-state index in [4.69, 9.17) is 5.73 Å². The zero-order valence-corrected chi connectivity index (χ0v) is 14.2. The van der Waals surface area contributed by atoms with E-state index in [1.165, 1.54) is 0 Å². The standard InChI is InChI=1S/C15H15BrN4S/c1-9-19-11(8-21-9)7-20(2)15-12-5-10(16)3-4-14(12)18-6-13(15)17/h3-6,8H,7,17H2,1-2H3. The molecule has 4 nitrogen and oxygen atoms in total. The summed E-state index contributed by atoms with van der Waals surface area (Å²) in [7, 11) is 2.03. The summed E-state index contributed by atoms with van der Waals surface area (Å²) >= 11 is 5.18. The van der Waals surface area contributed by atoms with Crippen LogP contribution in [0.2, 0.25) is 0 Å². The van der Waals surface area contributed by atoms with Gasteiger partial charge in [0.15, 0.2) is 0 Å². The number of nitrogens with two attached hydrogens (primary N) is 1. The number of aromatic nitrogens is 2. The average molecular weight is 363 g/mol. The summed E-state index contributed by atoms with van der Waals surface area (Å²) in [5.41, 5.74) is 9.82. The number of nitrogen functional groups attached to an aromatic ring is 1. The van der Waals surface area contributed by atoms with Crippen LogP contribution < -0.4 is 10.6 Å². The Morgan fingerprint density at radius 2 is 2.19 bits per heavy atom. The SMILES string of the molecule is Cc1nc(CN(C)c2c(N)cnc3ccc(Br)cc23)cs1. The van der Waals surface area contributed by atoms with E-state index in [1.54, 1.807) is 17.5 Å². The highest BCUT2D eigenvalue weighted by molar-refractivity contribution is 9.10. The van der Waals surface area contributed by atoms with Gasteiger partial charge in [-0.05, 0) is 25.1 Å². The molecule has 0 unspecified atom stereocenters. The van der Waals surface area contributed by atoms with E-state index in [0.717, 1.165) is 38.3 Å². The van der Waals surface area contributed by atoms with Crippen molar-refractivity contribution in [2.45, 2.75) is 13.5 Å². The highest BCUT2D eigenvalue weighted by Crippen LogP contribution is 2.33. The molecular weight excluding hydrogens is 348 g/mol. The number of halogens is 1. The number of nitrogens with zero attached hydrogens (tertiary/aromatic N) is 3.